The van der Waals surface area contributed by atoms with Crippen molar-refractivity contribution in [3.8, 4) is 0 Å². The van der Waals surface area contributed by atoms with Gasteiger partial charge in [0.1, 0.15) is 12.3 Å². The standard InChI is InChI=1S/C9H9ClN2O4/c1-16-5-7(13)3-8-9(12(14)15)2-6(10)4-11-8/h2,4H,3,5H2,1H3. The summed E-state index contributed by atoms with van der Waals surface area (Å²) < 4.78 is 4.63. The largest absolute Gasteiger partial charge is 0.377 e. The number of Topliss-reactive ketones (excluding diaryl/α,β-unsaturated/α-hetero) is 1. The lowest BCUT2D eigenvalue weighted by Gasteiger charge is -2.01. The molecule has 0 aliphatic heterocycles. The zero-order chi connectivity index (χ0) is 12.1. The first-order valence-corrected chi connectivity index (χ1v) is 4.72. The van der Waals surface area contributed by atoms with Gasteiger partial charge in [0.2, 0.25) is 0 Å². The number of nitro groups is 1. The third-order valence-corrected chi connectivity index (χ3v) is 1.99. The molecule has 0 atom stereocenters. The zero-order valence-corrected chi connectivity index (χ0v) is 9.23. The Morgan fingerprint density at radius 1 is 1.69 bits per heavy atom. The Hall–Kier alpha value is -1.53. The van der Waals surface area contributed by atoms with Crippen LogP contribution in [0.1, 0.15) is 5.69 Å². The molecule has 6 nitrogen and oxygen atoms in total. The van der Waals surface area contributed by atoms with Crippen molar-refractivity contribution in [1.82, 2.24) is 4.98 Å². The van der Waals surface area contributed by atoms with E-state index < -0.39 is 4.92 Å². The van der Waals surface area contributed by atoms with Gasteiger partial charge in [-0.05, 0) is 0 Å². The Bertz CT molecular complexity index is 422. The minimum absolute atomic E-state index is 0.0939. The first kappa shape index (κ1) is 12.5. The number of carbonyl (C=O) groups is 1. The summed E-state index contributed by atoms with van der Waals surface area (Å²) in [5.74, 6) is -0.277. The normalized spacial score (nSPS) is 10.1. The highest BCUT2D eigenvalue weighted by molar-refractivity contribution is 6.30. The highest BCUT2D eigenvalue weighted by Crippen LogP contribution is 2.21. The SMILES string of the molecule is COCC(=O)Cc1ncc(Cl)cc1[N+](=O)[O-]. The number of pyridine rings is 1. The van der Waals surface area contributed by atoms with Crippen molar-refractivity contribution < 1.29 is 14.5 Å². The third kappa shape index (κ3) is 3.25. The van der Waals surface area contributed by atoms with Gasteiger partial charge in [-0.2, -0.15) is 0 Å². The van der Waals surface area contributed by atoms with E-state index in [4.69, 9.17) is 11.6 Å². The number of ketones is 1. The summed E-state index contributed by atoms with van der Waals surface area (Å²) in [6.45, 7) is -0.0958. The van der Waals surface area contributed by atoms with E-state index in [0.29, 0.717) is 0 Å². The number of rotatable bonds is 5. The Labute approximate surface area is 96.3 Å². The number of methoxy groups -OCH3 is 1. The molecule has 0 spiro atoms. The van der Waals surface area contributed by atoms with Crippen LogP contribution in [0.4, 0.5) is 5.69 Å². The molecule has 0 unspecified atom stereocenters. The number of hydrogen-bond acceptors (Lipinski definition) is 5. The predicted molar refractivity (Wildman–Crippen MR) is 56.5 cm³/mol. The molecule has 0 aliphatic rings. The Morgan fingerprint density at radius 2 is 2.38 bits per heavy atom. The molecule has 1 heterocycles. The molecular formula is C9H9ClN2O4. The van der Waals surface area contributed by atoms with Crippen molar-refractivity contribution in [2.45, 2.75) is 6.42 Å². The smallest absolute Gasteiger partial charge is 0.292 e. The second-order valence-corrected chi connectivity index (χ2v) is 3.46. The van der Waals surface area contributed by atoms with E-state index in [0.717, 1.165) is 0 Å². The number of hydrogen-bond donors (Lipinski definition) is 0. The molecule has 0 saturated heterocycles. The van der Waals surface area contributed by atoms with Crippen LogP contribution in [-0.4, -0.2) is 29.4 Å². The van der Waals surface area contributed by atoms with Crippen molar-refractivity contribution in [2.24, 2.45) is 0 Å². The van der Waals surface area contributed by atoms with Gasteiger partial charge in [-0.15, -0.1) is 0 Å². The molecule has 0 N–H and O–H groups in total. The Kier molecular flexibility index (Phi) is 4.33. The minimum Gasteiger partial charge on any atom is -0.377 e. The first-order valence-electron chi connectivity index (χ1n) is 4.34. The van der Waals surface area contributed by atoms with Gasteiger partial charge in [0.15, 0.2) is 5.78 Å². The van der Waals surface area contributed by atoms with Crippen LogP contribution in [0.5, 0.6) is 0 Å². The van der Waals surface area contributed by atoms with E-state index in [-0.39, 0.29) is 35.2 Å². The second-order valence-electron chi connectivity index (χ2n) is 3.02. The molecule has 16 heavy (non-hydrogen) atoms. The second kappa shape index (κ2) is 5.53. The zero-order valence-electron chi connectivity index (χ0n) is 8.47. The van der Waals surface area contributed by atoms with Gasteiger partial charge >= 0.3 is 0 Å². The van der Waals surface area contributed by atoms with Crippen LogP contribution in [0, 0.1) is 10.1 Å². The average Bonchev–Trinajstić information content (AvgIpc) is 2.20. The number of carbonyl (C=O) groups excluding carboxylic acids is 1. The monoisotopic (exact) mass is 244 g/mol. The molecule has 0 aliphatic carbocycles. The fraction of sp³-hybridized carbons (Fsp3) is 0.333. The van der Waals surface area contributed by atoms with E-state index in [1.54, 1.807) is 0 Å². The van der Waals surface area contributed by atoms with Gasteiger partial charge in [0, 0.05) is 19.4 Å². The van der Waals surface area contributed by atoms with Gasteiger partial charge in [0.25, 0.3) is 5.69 Å². The Morgan fingerprint density at radius 3 is 2.94 bits per heavy atom. The number of nitrogens with zero attached hydrogens (tertiary/aromatic N) is 2. The van der Waals surface area contributed by atoms with Crippen LogP contribution in [0.2, 0.25) is 5.02 Å². The highest BCUT2D eigenvalue weighted by Gasteiger charge is 2.18. The van der Waals surface area contributed by atoms with Crippen LogP contribution in [0.15, 0.2) is 12.3 Å². The van der Waals surface area contributed by atoms with Crippen molar-refractivity contribution >= 4 is 23.1 Å². The summed E-state index contributed by atoms with van der Waals surface area (Å²) in [5, 5.41) is 10.8. The molecule has 0 aromatic carbocycles. The summed E-state index contributed by atoms with van der Waals surface area (Å²) in [6, 6.07) is 1.17. The number of aromatic nitrogens is 1. The van der Waals surface area contributed by atoms with Crippen LogP contribution in [0.3, 0.4) is 0 Å². The van der Waals surface area contributed by atoms with Crippen molar-refractivity contribution in [1.29, 1.82) is 0 Å². The lowest BCUT2D eigenvalue weighted by atomic mass is 10.2. The van der Waals surface area contributed by atoms with E-state index in [1.165, 1.54) is 19.4 Å². The maximum atomic E-state index is 11.3. The molecule has 0 bridgehead atoms. The molecule has 0 saturated carbocycles. The van der Waals surface area contributed by atoms with Crippen LogP contribution in [0.25, 0.3) is 0 Å². The fourth-order valence-corrected chi connectivity index (χ4v) is 1.30. The summed E-state index contributed by atoms with van der Waals surface area (Å²) in [5.41, 5.74) is -0.159. The van der Waals surface area contributed by atoms with Crippen LogP contribution in [-0.2, 0) is 16.0 Å². The molecule has 86 valence electrons. The molecule has 1 rings (SSSR count). The van der Waals surface area contributed by atoms with E-state index in [9.17, 15) is 14.9 Å². The van der Waals surface area contributed by atoms with Crippen LogP contribution >= 0.6 is 11.6 Å². The molecule has 0 amide bonds. The summed E-state index contributed by atoms with van der Waals surface area (Å²) >= 11 is 5.58. The number of ether oxygens (including phenoxy) is 1. The molecule has 0 radical (unpaired) electrons. The molecule has 0 fully saturated rings. The van der Waals surface area contributed by atoms with E-state index in [1.807, 2.05) is 0 Å². The quantitative estimate of drug-likeness (QED) is 0.578. The van der Waals surface area contributed by atoms with Gasteiger partial charge in [-0.3, -0.25) is 19.9 Å². The maximum absolute atomic E-state index is 11.3. The summed E-state index contributed by atoms with van der Waals surface area (Å²) in [6.07, 6.45) is 1.13. The predicted octanol–water partition coefficient (Wildman–Crippen LogP) is 1.40. The molecular weight excluding hydrogens is 236 g/mol. The van der Waals surface area contributed by atoms with Gasteiger partial charge < -0.3 is 4.74 Å². The fourth-order valence-electron chi connectivity index (χ4n) is 1.15. The molecule has 1 aromatic rings. The van der Waals surface area contributed by atoms with Gasteiger partial charge in [-0.25, -0.2) is 0 Å². The summed E-state index contributed by atoms with van der Waals surface area (Å²) in [7, 11) is 1.38. The van der Waals surface area contributed by atoms with E-state index in [2.05, 4.69) is 9.72 Å². The lowest BCUT2D eigenvalue weighted by molar-refractivity contribution is -0.385. The average molecular weight is 245 g/mol. The third-order valence-electron chi connectivity index (χ3n) is 1.78. The lowest BCUT2D eigenvalue weighted by Crippen LogP contribution is -2.12. The van der Waals surface area contributed by atoms with Crippen molar-refractivity contribution in [2.75, 3.05) is 13.7 Å². The van der Waals surface area contributed by atoms with Crippen molar-refractivity contribution in [3.05, 3.63) is 33.1 Å². The minimum atomic E-state index is -0.617. The maximum Gasteiger partial charge on any atom is 0.292 e. The van der Waals surface area contributed by atoms with Crippen LogP contribution < -0.4 is 0 Å². The van der Waals surface area contributed by atoms with E-state index >= 15 is 0 Å². The van der Waals surface area contributed by atoms with Gasteiger partial charge in [-0.1, -0.05) is 11.6 Å². The Balaban J connectivity index is 2.95. The number of halogens is 1. The van der Waals surface area contributed by atoms with Gasteiger partial charge in [0.05, 0.1) is 16.4 Å². The molecule has 7 heteroatoms. The van der Waals surface area contributed by atoms with Crippen molar-refractivity contribution in [3.63, 3.8) is 0 Å². The highest BCUT2D eigenvalue weighted by atomic mass is 35.5. The molecule has 1 aromatic heterocycles. The summed E-state index contributed by atoms with van der Waals surface area (Å²) in [4.78, 5) is 25.1. The first-order chi connectivity index (χ1) is 7.54. The topological polar surface area (TPSA) is 82.3 Å².